The maximum absolute atomic E-state index is 12.8. The van der Waals surface area contributed by atoms with Crippen molar-refractivity contribution in [1.29, 1.82) is 0 Å². The summed E-state index contributed by atoms with van der Waals surface area (Å²) in [7, 11) is 0. The zero-order valence-electron chi connectivity index (χ0n) is 13.7. The molecule has 0 aliphatic heterocycles. The monoisotopic (exact) mass is 396 g/mol. The van der Waals surface area contributed by atoms with Crippen LogP contribution in [-0.4, -0.2) is 27.0 Å². The molecule has 1 aromatic carbocycles. The molecule has 2 heterocycles. The van der Waals surface area contributed by atoms with E-state index < -0.39 is 6.55 Å². The van der Waals surface area contributed by atoms with Crippen molar-refractivity contribution < 1.29 is 13.6 Å². The van der Waals surface area contributed by atoms with Gasteiger partial charge in [-0.3, -0.25) is 9.36 Å². The quantitative estimate of drug-likeness (QED) is 0.674. The second-order valence-corrected chi connectivity index (χ2v) is 6.91. The highest BCUT2D eigenvalue weighted by Gasteiger charge is 2.17. The number of hydrogen-bond donors (Lipinski definition) is 1. The summed E-state index contributed by atoms with van der Waals surface area (Å²) in [5.74, 6) is -0.0569. The Morgan fingerprint density at radius 3 is 2.77 bits per heavy atom. The van der Waals surface area contributed by atoms with Crippen molar-refractivity contribution in [1.82, 2.24) is 19.9 Å². The van der Waals surface area contributed by atoms with Gasteiger partial charge >= 0.3 is 6.55 Å². The van der Waals surface area contributed by atoms with Crippen LogP contribution >= 0.6 is 22.9 Å². The molecular formula is C17H15ClF2N4OS. The van der Waals surface area contributed by atoms with Crippen LogP contribution in [0, 0.1) is 6.92 Å². The summed E-state index contributed by atoms with van der Waals surface area (Å²) >= 11 is 7.16. The number of alkyl halides is 2. The first-order valence-corrected chi connectivity index (χ1v) is 8.96. The minimum absolute atomic E-state index is 0.205. The topological polar surface area (TPSA) is 59.8 Å². The van der Waals surface area contributed by atoms with E-state index in [4.69, 9.17) is 11.6 Å². The Morgan fingerprint density at radius 2 is 2.08 bits per heavy atom. The van der Waals surface area contributed by atoms with Crippen molar-refractivity contribution in [2.24, 2.45) is 0 Å². The molecular weight excluding hydrogens is 382 g/mol. The Morgan fingerprint density at radius 1 is 1.35 bits per heavy atom. The first-order chi connectivity index (χ1) is 12.5. The molecule has 0 saturated carbocycles. The van der Waals surface area contributed by atoms with Crippen molar-refractivity contribution >= 4 is 28.8 Å². The average molecular weight is 397 g/mol. The van der Waals surface area contributed by atoms with Crippen LogP contribution in [-0.2, 0) is 6.42 Å². The molecule has 0 unspecified atom stereocenters. The van der Waals surface area contributed by atoms with E-state index in [1.807, 2.05) is 12.1 Å². The van der Waals surface area contributed by atoms with E-state index in [2.05, 4.69) is 15.3 Å². The number of nitrogens with zero attached hydrogens (tertiary/aromatic N) is 3. The summed E-state index contributed by atoms with van der Waals surface area (Å²) in [6.45, 7) is -0.682. The van der Waals surface area contributed by atoms with E-state index in [9.17, 15) is 13.6 Å². The maximum atomic E-state index is 12.8. The van der Waals surface area contributed by atoms with E-state index in [1.165, 1.54) is 23.7 Å². The molecule has 3 rings (SSSR count). The van der Waals surface area contributed by atoms with Crippen LogP contribution in [0.1, 0.15) is 27.7 Å². The Bertz CT molecular complexity index is 908. The second-order valence-electron chi connectivity index (χ2n) is 5.47. The molecule has 26 heavy (non-hydrogen) atoms. The number of thiazole rings is 1. The first-order valence-electron chi connectivity index (χ1n) is 7.77. The van der Waals surface area contributed by atoms with Crippen molar-refractivity contribution in [2.45, 2.75) is 19.9 Å². The lowest BCUT2D eigenvalue weighted by atomic mass is 10.2. The van der Waals surface area contributed by atoms with Crippen LogP contribution in [0.4, 0.5) is 8.78 Å². The molecule has 136 valence electrons. The Hall–Kier alpha value is -2.32. The maximum Gasteiger partial charge on any atom is 0.319 e. The molecule has 0 atom stereocenters. The molecule has 3 aromatic rings. The van der Waals surface area contributed by atoms with Gasteiger partial charge in [0.2, 0.25) is 0 Å². The molecule has 0 aliphatic carbocycles. The van der Waals surface area contributed by atoms with Gasteiger partial charge in [-0.15, -0.1) is 11.3 Å². The minimum Gasteiger partial charge on any atom is -0.351 e. The zero-order valence-corrected chi connectivity index (χ0v) is 15.3. The summed E-state index contributed by atoms with van der Waals surface area (Å²) in [6.07, 6.45) is 2.74. The van der Waals surface area contributed by atoms with Crippen LogP contribution in [0.5, 0.6) is 0 Å². The van der Waals surface area contributed by atoms with Gasteiger partial charge in [-0.05, 0) is 19.1 Å². The molecule has 0 bridgehead atoms. The van der Waals surface area contributed by atoms with Gasteiger partial charge < -0.3 is 5.32 Å². The lowest BCUT2D eigenvalue weighted by molar-refractivity contribution is 0.0670. The highest BCUT2D eigenvalue weighted by Crippen LogP contribution is 2.28. The predicted molar refractivity (Wildman–Crippen MR) is 96.8 cm³/mol. The van der Waals surface area contributed by atoms with Gasteiger partial charge in [0.25, 0.3) is 5.91 Å². The molecule has 2 aromatic heterocycles. The van der Waals surface area contributed by atoms with E-state index >= 15 is 0 Å². The number of benzene rings is 1. The fourth-order valence-electron chi connectivity index (χ4n) is 2.41. The van der Waals surface area contributed by atoms with Gasteiger partial charge in [0.05, 0.1) is 5.69 Å². The zero-order chi connectivity index (χ0) is 18.7. The van der Waals surface area contributed by atoms with Crippen LogP contribution in [0.15, 0.2) is 36.7 Å². The number of halogens is 3. The van der Waals surface area contributed by atoms with Crippen LogP contribution in [0.25, 0.3) is 10.6 Å². The minimum atomic E-state index is -2.64. The molecule has 1 amide bonds. The summed E-state index contributed by atoms with van der Waals surface area (Å²) in [5.41, 5.74) is 1.49. The third kappa shape index (κ3) is 4.08. The van der Waals surface area contributed by atoms with E-state index in [-0.39, 0.29) is 24.7 Å². The number of amides is 1. The van der Waals surface area contributed by atoms with Crippen molar-refractivity contribution in [3.8, 4) is 10.6 Å². The number of carbonyl (C=O) groups is 1. The van der Waals surface area contributed by atoms with Crippen molar-refractivity contribution in [3.05, 3.63) is 58.1 Å². The predicted octanol–water partition coefficient (Wildman–Crippen LogP) is 4.34. The highest BCUT2D eigenvalue weighted by molar-refractivity contribution is 7.17. The summed E-state index contributed by atoms with van der Waals surface area (Å²) in [5, 5.41) is 4.08. The van der Waals surface area contributed by atoms with Gasteiger partial charge in [-0.25, -0.2) is 9.97 Å². The van der Waals surface area contributed by atoms with Crippen molar-refractivity contribution in [3.63, 3.8) is 0 Å². The molecule has 0 saturated heterocycles. The molecule has 0 aliphatic rings. The van der Waals surface area contributed by atoms with Crippen LogP contribution in [0.2, 0.25) is 5.02 Å². The van der Waals surface area contributed by atoms with Gasteiger partial charge in [-0.1, -0.05) is 23.7 Å². The average Bonchev–Trinajstić information content (AvgIpc) is 3.22. The number of rotatable bonds is 6. The Kier molecular flexibility index (Phi) is 5.63. The molecule has 0 spiro atoms. The number of aryl methyl sites for hydroxylation is 1. The Labute approximate surface area is 157 Å². The molecule has 0 fully saturated rings. The standard InChI is InChI=1S/C17H15ClF2N4OS/c1-10-14(26-16(23-10)11-2-4-12(18)5-3-11)15(25)22-7-6-13-21-8-9-24(13)17(19)20/h2-5,8-9,17H,6-7H2,1H3,(H,22,25). The summed E-state index contributed by atoms with van der Waals surface area (Å²) in [4.78, 5) is 21.2. The number of nitrogens with one attached hydrogen (secondary N) is 1. The lowest BCUT2D eigenvalue weighted by Crippen LogP contribution is -2.26. The van der Waals surface area contributed by atoms with Crippen LogP contribution in [0.3, 0.4) is 0 Å². The fourth-order valence-corrected chi connectivity index (χ4v) is 3.52. The summed E-state index contributed by atoms with van der Waals surface area (Å²) in [6, 6.07) is 7.20. The second kappa shape index (κ2) is 7.92. The SMILES string of the molecule is Cc1nc(-c2ccc(Cl)cc2)sc1C(=O)NCCc1nccn1C(F)F. The van der Waals surface area contributed by atoms with Gasteiger partial charge in [0, 0.05) is 35.9 Å². The molecule has 9 heteroatoms. The molecule has 0 radical (unpaired) electrons. The van der Waals surface area contributed by atoms with Crippen molar-refractivity contribution in [2.75, 3.05) is 6.54 Å². The molecule has 1 N–H and O–H groups in total. The van der Waals surface area contributed by atoms with E-state index in [1.54, 1.807) is 19.1 Å². The number of hydrogen-bond acceptors (Lipinski definition) is 4. The van der Waals surface area contributed by atoms with E-state index in [0.29, 0.717) is 15.6 Å². The fraction of sp³-hybridized carbons (Fsp3) is 0.235. The van der Waals surface area contributed by atoms with Gasteiger partial charge in [0.15, 0.2) is 0 Å². The van der Waals surface area contributed by atoms with Gasteiger partial charge in [-0.2, -0.15) is 8.78 Å². The molecule has 5 nitrogen and oxygen atoms in total. The highest BCUT2D eigenvalue weighted by atomic mass is 35.5. The number of aromatic nitrogens is 3. The largest absolute Gasteiger partial charge is 0.351 e. The smallest absolute Gasteiger partial charge is 0.319 e. The van der Waals surface area contributed by atoms with Gasteiger partial charge in [0.1, 0.15) is 15.7 Å². The summed E-state index contributed by atoms with van der Waals surface area (Å²) < 4.78 is 26.3. The van der Waals surface area contributed by atoms with E-state index in [0.717, 1.165) is 15.1 Å². The first kappa shape index (κ1) is 18.5. The lowest BCUT2D eigenvalue weighted by Gasteiger charge is -2.07. The third-order valence-corrected chi connectivity index (χ3v) is 5.14. The Balaban J connectivity index is 1.65. The normalized spacial score (nSPS) is 11.1. The van der Waals surface area contributed by atoms with Crippen LogP contribution < -0.4 is 5.32 Å². The third-order valence-electron chi connectivity index (χ3n) is 3.69. The number of carbonyl (C=O) groups excluding carboxylic acids is 1. The number of imidazole rings is 1.